The van der Waals surface area contributed by atoms with Crippen LogP contribution in [-0.2, 0) is 4.79 Å². The van der Waals surface area contributed by atoms with Crippen LogP contribution in [0.4, 0.5) is 11.4 Å². The second kappa shape index (κ2) is 12.5. The van der Waals surface area contributed by atoms with Gasteiger partial charge in [0.1, 0.15) is 17.6 Å². The molecule has 210 valence electrons. The zero-order valence-corrected chi connectivity index (χ0v) is 24.4. The number of anilines is 2. The van der Waals surface area contributed by atoms with Crippen LogP contribution in [0.1, 0.15) is 29.1 Å². The third-order valence-electron chi connectivity index (χ3n) is 6.77. The number of hydrogen-bond acceptors (Lipinski definition) is 6. The van der Waals surface area contributed by atoms with Crippen LogP contribution in [0.25, 0.3) is 0 Å². The molecule has 42 heavy (non-hydrogen) atoms. The number of benzene rings is 3. The first kappa shape index (κ1) is 27.6. The van der Waals surface area contributed by atoms with Gasteiger partial charge in [-0.25, -0.2) is 0 Å². The van der Waals surface area contributed by atoms with Gasteiger partial charge in [0.2, 0.25) is 0 Å². The van der Waals surface area contributed by atoms with Crippen molar-refractivity contribution in [3.63, 3.8) is 0 Å². The van der Waals surface area contributed by atoms with E-state index in [0.29, 0.717) is 16.5 Å². The summed E-state index contributed by atoms with van der Waals surface area (Å²) in [5, 5.41) is 7.70. The lowest BCUT2D eigenvalue weighted by Gasteiger charge is -2.26. The zero-order valence-electron chi connectivity index (χ0n) is 22.8. The number of thiocarbonyl (C=S) groups is 1. The summed E-state index contributed by atoms with van der Waals surface area (Å²) in [6.07, 6.45) is 1.78. The molecule has 9 heteroatoms. The number of ether oxygens (including phenoxy) is 1. The molecule has 2 atom stereocenters. The van der Waals surface area contributed by atoms with Crippen molar-refractivity contribution in [2.24, 2.45) is 0 Å². The number of carbonyl (C=O) groups is 1. The predicted octanol–water partition coefficient (Wildman–Crippen LogP) is 7.33. The van der Waals surface area contributed by atoms with Crippen LogP contribution in [0.15, 0.2) is 130 Å². The van der Waals surface area contributed by atoms with Gasteiger partial charge in [0, 0.05) is 22.5 Å². The van der Waals surface area contributed by atoms with Gasteiger partial charge in [-0.3, -0.25) is 9.78 Å². The maximum atomic E-state index is 12.5. The number of aromatic nitrogens is 1. The van der Waals surface area contributed by atoms with Gasteiger partial charge in [-0.2, -0.15) is 0 Å². The summed E-state index contributed by atoms with van der Waals surface area (Å²) in [7, 11) is 0. The van der Waals surface area contributed by atoms with E-state index in [4.69, 9.17) is 21.4 Å². The first-order valence-corrected chi connectivity index (χ1v) is 14.7. The van der Waals surface area contributed by atoms with Crippen molar-refractivity contribution in [3.8, 4) is 5.75 Å². The summed E-state index contributed by atoms with van der Waals surface area (Å²) in [5.41, 5.74) is 3.59. The quantitative estimate of drug-likeness (QED) is 0.172. The van der Waals surface area contributed by atoms with Gasteiger partial charge in [-0.05, 0) is 91.9 Å². The molecule has 1 aliphatic rings. The van der Waals surface area contributed by atoms with E-state index < -0.39 is 0 Å². The highest BCUT2D eigenvalue weighted by Gasteiger charge is 2.42. The summed E-state index contributed by atoms with van der Waals surface area (Å²) in [5.74, 6) is 1.17. The molecule has 1 amide bonds. The van der Waals surface area contributed by atoms with E-state index in [2.05, 4.69) is 46.8 Å². The Morgan fingerprint density at radius 3 is 2.48 bits per heavy atom. The number of hydrogen-bond donors (Lipinski definition) is 2. The molecule has 3 aromatic carbocycles. The highest BCUT2D eigenvalue weighted by Crippen LogP contribution is 2.43. The van der Waals surface area contributed by atoms with Gasteiger partial charge in [-0.1, -0.05) is 53.7 Å². The van der Waals surface area contributed by atoms with E-state index in [1.807, 2.05) is 89.8 Å². The Balaban J connectivity index is 1.22. The average molecular weight is 593 g/mol. The Kier molecular flexibility index (Phi) is 8.21. The number of pyridine rings is 1. The number of rotatable bonds is 9. The van der Waals surface area contributed by atoms with Crippen LogP contribution in [0, 0.1) is 6.92 Å². The van der Waals surface area contributed by atoms with Crippen LogP contribution in [0.3, 0.4) is 0 Å². The fraction of sp³-hybridized carbons (Fsp3) is 0.121. The van der Waals surface area contributed by atoms with Gasteiger partial charge in [-0.15, -0.1) is 0 Å². The number of nitrogens with one attached hydrogen (secondary N) is 2. The maximum Gasteiger partial charge on any atom is 0.262 e. The second-order valence-corrected chi connectivity index (χ2v) is 11.2. The largest absolute Gasteiger partial charge is 0.484 e. The first-order valence-electron chi connectivity index (χ1n) is 13.5. The summed E-state index contributed by atoms with van der Waals surface area (Å²) in [6.45, 7) is 1.99. The minimum absolute atomic E-state index is 0.0822. The molecule has 1 fully saturated rings. The molecule has 3 heterocycles. The van der Waals surface area contributed by atoms with Gasteiger partial charge < -0.3 is 24.7 Å². The van der Waals surface area contributed by atoms with E-state index in [9.17, 15) is 4.79 Å². The molecule has 2 N–H and O–H groups in total. The van der Waals surface area contributed by atoms with Gasteiger partial charge >= 0.3 is 0 Å². The van der Waals surface area contributed by atoms with E-state index in [-0.39, 0.29) is 24.6 Å². The summed E-state index contributed by atoms with van der Waals surface area (Å²) < 4.78 is 12.0. The third-order valence-corrected chi connectivity index (χ3v) is 8.02. The van der Waals surface area contributed by atoms with E-state index in [1.165, 1.54) is 5.56 Å². The van der Waals surface area contributed by atoms with Crippen molar-refractivity contribution < 1.29 is 13.9 Å². The average Bonchev–Trinajstić information content (AvgIpc) is 3.62. The Morgan fingerprint density at radius 1 is 0.976 bits per heavy atom. The maximum absolute atomic E-state index is 12.5. The number of furan rings is 1. The van der Waals surface area contributed by atoms with Crippen molar-refractivity contribution >= 4 is 46.4 Å². The fourth-order valence-electron chi connectivity index (χ4n) is 4.76. The molecular weight excluding hydrogens is 565 g/mol. The molecule has 2 unspecified atom stereocenters. The van der Waals surface area contributed by atoms with Crippen molar-refractivity contribution in [1.82, 2.24) is 10.3 Å². The van der Waals surface area contributed by atoms with E-state index >= 15 is 0 Å². The Labute approximate surface area is 253 Å². The second-order valence-electron chi connectivity index (χ2n) is 9.77. The van der Waals surface area contributed by atoms with Crippen LogP contribution in [0.2, 0.25) is 0 Å². The molecule has 0 bridgehead atoms. The lowest BCUT2D eigenvalue weighted by molar-refractivity contribution is -0.118. The highest BCUT2D eigenvalue weighted by atomic mass is 32.2. The van der Waals surface area contributed by atoms with Crippen molar-refractivity contribution in [1.29, 1.82) is 0 Å². The monoisotopic (exact) mass is 592 g/mol. The fourth-order valence-corrected chi connectivity index (χ4v) is 5.88. The zero-order chi connectivity index (χ0) is 28.9. The van der Waals surface area contributed by atoms with E-state index in [1.54, 1.807) is 18.0 Å². The van der Waals surface area contributed by atoms with Gasteiger partial charge in [0.15, 0.2) is 16.8 Å². The van der Waals surface area contributed by atoms with Crippen molar-refractivity contribution in [3.05, 3.63) is 132 Å². The normalized spacial score (nSPS) is 16.2. The molecule has 6 rings (SSSR count). The van der Waals surface area contributed by atoms with Crippen LogP contribution >= 0.6 is 24.0 Å². The van der Waals surface area contributed by atoms with Crippen LogP contribution < -0.4 is 20.3 Å². The molecule has 0 radical (unpaired) electrons. The molecular formula is C33H28N4O3S2. The minimum atomic E-state index is -0.278. The molecule has 2 aromatic heterocycles. The molecule has 1 aliphatic heterocycles. The highest BCUT2D eigenvalue weighted by molar-refractivity contribution is 7.99. The first-order chi connectivity index (χ1) is 20.5. The van der Waals surface area contributed by atoms with Crippen molar-refractivity contribution in [2.45, 2.75) is 29.0 Å². The SMILES string of the molecule is Cc1ccc(Sc2ccc(C3C(c4ccccn4)NC(=S)N3c3ccc(NC(=O)COc4ccccc4)cc3)o2)cc1. The number of nitrogens with zero attached hydrogens (tertiary/aromatic N) is 2. The standard InChI is InChI=1S/C33H28N4O3S2/c1-22-10-16-26(17-11-22)42-30-19-18-28(40-30)32-31(27-9-5-6-20-34-27)36-33(41)37(32)24-14-12-23(13-15-24)35-29(38)21-39-25-7-3-2-4-8-25/h2-20,31-32H,21H2,1H3,(H,35,38)(H,36,41). The number of amides is 1. The lowest BCUT2D eigenvalue weighted by atomic mass is 10.0. The van der Waals surface area contributed by atoms with E-state index in [0.717, 1.165) is 27.1 Å². The number of para-hydroxylation sites is 1. The third kappa shape index (κ3) is 6.32. The molecule has 7 nitrogen and oxygen atoms in total. The number of aryl methyl sites for hydroxylation is 1. The smallest absolute Gasteiger partial charge is 0.262 e. The minimum Gasteiger partial charge on any atom is -0.484 e. The molecule has 5 aromatic rings. The van der Waals surface area contributed by atoms with Crippen molar-refractivity contribution in [2.75, 3.05) is 16.8 Å². The van der Waals surface area contributed by atoms with Crippen LogP contribution in [-0.4, -0.2) is 22.6 Å². The van der Waals surface area contributed by atoms with Gasteiger partial charge in [0.05, 0.1) is 11.7 Å². The molecule has 1 saturated heterocycles. The molecule has 0 spiro atoms. The summed E-state index contributed by atoms with van der Waals surface area (Å²) in [6, 6.07) is 34.5. The Bertz CT molecular complexity index is 1660. The molecule has 0 aliphatic carbocycles. The van der Waals surface area contributed by atoms with Gasteiger partial charge in [0.25, 0.3) is 5.91 Å². The summed E-state index contributed by atoms with van der Waals surface area (Å²) in [4.78, 5) is 20.2. The topological polar surface area (TPSA) is 79.6 Å². The van der Waals surface area contributed by atoms with Crippen LogP contribution in [0.5, 0.6) is 5.75 Å². The Hall–Kier alpha value is -4.60. The summed E-state index contributed by atoms with van der Waals surface area (Å²) >= 11 is 7.41. The Morgan fingerprint density at radius 2 is 1.74 bits per heavy atom. The molecule has 0 saturated carbocycles. The predicted molar refractivity (Wildman–Crippen MR) is 169 cm³/mol. The number of carbonyl (C=O) groups excluding carboxylic acids is 1. The lowest BCUT2D eigenvalue weighted by Crippen LogP contribution is -2.29.